The average molecular weight is 258 g/mol. The van der Waals surface area contributed by atoms with E-state index in [-0.39, 0.29) is 0 Å². The maximum atomic E-state index is 6.11. The van der Waals surface area contributed by atoms with Crippen LogP contribution >= 0.6 is 0 Å². The van der Waals surface area contributed by atoms with Crippen molar-refractivity contribution < 1.29 is 0 Å². The second-order valence-corrected chi connectivity index (χ2v) is 6.37. The number of aliphatic imine (C=N–C) groups is 1. The van der Waals surface area contributed by atoms with Crippen LogP contribution in [0, 0.1) is 11.3 Å². The lowest BCUT2D eigenvalue weighted by molar-refractivity contribution is 0.245. The van der Waals surface area contributed by atoms with Crippen LogP contribution in [0.1, 0.15) is 51.5 Å². The minimum absolute atomic E-state index is 0.410. The molecule has 1 aliphatic rings. The van der Waals surface area contributed by atoms with Crippen molar-refractivity contribution in [1.82, 2.24) is 0 Å². The second kappa shape index (κ2) is 6.23. The van der Waals surface area contributed by atoms with E-state index in [0.717, 1.165) is 18.0 Å². The van der Waals surface area contributed by atoms with Gasteiger partial charge in [-0.1, -0.05) is 57.0 Å². The third kappa shape index (κ3) is 3.82. The molecule has 1 aliphatic carbocycles. The van der Waals surface area contributed by atoms with E-state index in [9.17, 15) is 0 Å². The van der Waals surface area contributed by atoms with E-state index >= 15 is 0 Å². The zero-order chi connectivity index (χ0) is 13.7. The fraction of sp³-hybridized carbons (Fsp3) is 0.588. The summed E-state index contributed by atoms with van der Waals surface area (Å²) in [7, 11) is 0. The molecule has 1 aromatic carbocycles. The van der Waals surface area contributed by atoms with Crippen molar-refractivity contribution in [2.24, 2.45) is 22.1 Å². The number of hydrogen-bond acceptors (Lipinski definition) is 1. The molecule has 0 atom stereocenters. The summed E-state index contributed by atoms with van der Waals surface area (Å²) >= 11 is 0. The molecule has 0 spiro atoms. The van der Waals surface area contributed by atoms with Crippen LogP contribution in [0.5, 0.6) is 0 Å². The van der Waals surface area contributed by atoms with Gasteiger partial charge < -0.3 is 5.73 Å². The predicted octanol–water partition coefficient (Wildman–Crippen LogP) is 4.00. The number of benzene rings is 1. The van der Waals surface area contributed by atoms with E-state index in [4.69, 9.17) is 10.7 Å². The SMILES string of the molecule is CC(C)CC1(CN=C(N)c2ccccc2)CCCC1. The van der Waals surface area contributed by atoms with E-state index in [2.05, 4.69) is 13.8 Å². The van der Waals surface area contributed by atoms with E-state index in [0.29, 0.717) is 11.3 Å². The lowest BCUT2D eigenvalue weighted by Gasteiger charge is -2.29. The van der Waals surface area contributed by atoms with Crippen LogP contribution in [0.2, 0.25) is 0 Å². The van der Waals surface area contributed by atoms with Crippen molar-refractivity contribution in [3.63, 3.8) is 0 Å². The molecule has 0 aromatic heterocycles. The van der Waals surface area contributed by atoms with E-state index < -0.39 is 0 Å². The molecule has 2 heteroatoms. The first-order valence-corrected chi connectivity index (χ1v) is 7.47. The van der Waals surface area contributed by atoms with Crippen LogP contribution in [-0.2, 0) is 0 Å². The maximum Gasteiger partial charge on any atom is 0.125 e. The largest absolute Gasteiger partial charge is 0.384 e. The minimum Gasteiger partial charge on any atom is -0.384 e. The molecule has 0 aliphatic heterocycles. The van der Waals surface area contributed by atoms with Crippen molar-refractivity contribution in [1.29, 1.82) is 0 Å². The van der Waals surface area contributed by atoms with Gasteiger partial charge in [0, 0.05) is 12.1 Å². The number of nitrogens with zero attached hydrogens (tertiary/aromatic N) is 1. The topological polar surface area (TPSA) is 38.4 Å². The summed E-state index contributed by atoms with van der Waals surface area (Å²) in [6.07, 6.45) is 6.62. The van der Waals surface area contributed by atoms with Crippen LogP contribution in [0.4, 0.5) is 0 Å². The highest BCUT2D eigenvalue weighted by Gasteiger charge is 2.34. The van der Waals surface area contributed by atoms with Crippen LogP contribution in [-0.4, -0.2) is 12.4 Å². The molecular formula is C17H26N2. The number of nitrogens with two attached hydrogens (primary N) is 1. The summed E-state index contributed by atoms with van der Waals surface area (Å²) in [5.41, 5.74) is 7.56. The minimum atomic E-state index is 0.410. The molecule has 0 bridgehead atoms. The zero-order valence-electron chi connectivity index (χ0n) is 12.2. The second-order valence-electron chi connectivity index (χ2n) is 6.37. The Balaban J connectivity index is 2.06. The number of amidine groups is 1. The molecule has 19 heavy (non-hydrogen) atoms. The molecule has 0 radical (unpaired) electrons. The lowest BCUT2D eigenvalue weighted by Crippen LogP contribution is -2.25. The summed E-state index contributed by atoms with van der Waals surface area (Å²) in [6.45, 7) is 5.51. The smallest absolute Gasteiger partial charge is 0.125 e. The van der Waals surface area contributed by atoms with Crippen molar-refractivity contribution in [3.8, 4) is 0 Å². The molecule has 0 saturated heterocycles. The molecule has 104 valence electrons. The Bertz CT molecular complexity index is 414. The average Bonchev–Trinajstić information content (AvgIpc) is 2.85. The van der Waals surface area contributed by atoms with Crippen molar-refractivity contribution >= 4 is 5.84 Å². The highest BCUT2D eigenvalue weighted by molar-refractivity contribution is 5.97. The van der Waals surface area contributed by atoms with Gasteiger partial charge >= 0.3 is 0 Å². The Kier molecular flexibility index (Phi) is 4.62. The monoisotopic (exact) mass is 258 g/mol. The fourth-order valence-electron chi connectivity index (χ4n) is 3.37. The molecule has 2 nitrogen and oxygen atoms in total. The van der Waals surface area contributed by atoms with Gasteiger partial charge in [0.15, 0.2) is 0 Å². The van der Waals surface area contributed by atoms with Gasteiger partial charge in [-0.25, -0.2) is 0 Å². The third-order valence-corrected chi connectivity index (χ3v) is 4.16. The van der Waals surface area contributed by atoms with Gasteiger partial charge in [-0.15, -0.1) is 0 Å². The van der Waals surface area contributed by atoms with E-state index in [1.165, 1.54) is 32.1 Å². The predicted molar refractivity (Wildman–Crippen MR) is 82.4 cm³/mol. The van der Waals surface area contributed by atoms with Gasteiger partial charge in [-0.2, -0.15) is 0 Å². The van der Waals surface area contributed by atoms with E-state index in [1.54, 1.807) is 0 Å². The number of hydrogen-bond donors (Lipinski definition) is 1. The number of rotatable bonds is 5. The van der Waals surface area contributed by atoms with Crippen LogP contribution in [0.15, 0.2) is 35.3 Å². The van der Waals surface area contributed by atoms with Crippen LogP contribution in [0.25, 0.3) is 0 Å². The molecule has 0 heterocycles. The quantitative estimate of drug-likeness (QED) is 0.629. The Hall–Kier alpha value is -1.31. The van der Waals surface area contributed by atoms with E-state index in [1.807, 2.05) is 30.3 Å². The molecule has 2 N–H and O–H groups in total. The van der Waals surface area contributed by atoms with Gasteiger partial charge in [0.25, 0.3) is 0 Å². The van der Waals surface area contributed by atoms with Crippen LogP contribution < -0.4 is 5.73 Å². The molecule has 1 aromatic rings. The fourth-order valence-corrected chi connectivity index (χ4v) is 3.37. The van der Waals surface area contributed by atoms with Gasteiger partial charge in [0.1, 0.15) is 5.84 Å². The van der Waals surface area contributed by atoms with Crippen molar-refractivity contribution in [2.45, 2.75) is 46.0 Å². The Morgan fingerprint density at radius 1 is 1.21 bits per heavy atom. The maximum absolute atomic E-state index is 6.11. The summed E-state index contributed by atoms with van der Waals surface area (Å²) in [5, 5.41) is 0. The summed E-state index contributed by atoms with van der Waals surface area (Å²) in [5.74, 6) is 1.43. The molecular weight excluding hydrogens is 232 g/mol. The van der Waals surface area contributed by atoms with Gasteiger partial charge in [-0.3, -0.25) is 4.99 Å². The summed E-state index contributed by atoms with van der Waals surface area (Å²) in [6, 6.07) is 10.1. The Morgan fingerprint density at radius 3 is 2.42 bits per heavy atom. The Morgan fingerprint density at radius 2 is 1.84 bits per heavy atom. The van der Waals surface area contributed by atoms with Gasteiger partial charge in [0.2, 0.25) is 0 Å². The highest BCUT2D eigenvalue weighted by atomic mass is 14.9. The standard InChI is InChI=1S/C17H26N2/c1-14(2)12-17(10-6-7-11-17)13-19-16(18)15-8-4-3-5-9-15/h3-5,8-9,14H,6-7,10-13H2,1-2H3,(H2,18,19). The zero-order valence-corrected chi connectivity index (χ0v) is 12.2. The van der Waals surface area contributed by atoms with Crippen molar-refractivity contribution in [3.05, 3.63) is 35.9 Å². The van der Waals surface area contributed by atoms with Crippen LogP contribution in [0.3, 0.4) is 0 Å². The Labute approximate surface area is 117 Å². The molecule has 0 amide bonds. The molecule has 1 fully saturated rings. The third-order valence-electron chi connectivity index (χ3n) is 4.16. The first-order chi connectivity index (χ1) is 9.11. The summed E-state index contributed by atoms with van der Waals surface area (Å²) < 4.78 is 0. The lowest BCUT2D eigenvalue weighted by atomic mass is 9.78. The first kappa shape index (κ1) is 14.1. The molecule has 1 saturated carbocycles. The normalized spacial score (nSPS) is 19.0. The first-order valence-electron chi connectivity index (χ1n) is 7.47. The van der Waals surface area contributed by atoms with Gasteiger partial charge in [0.05, 0.1) is 0 Å². The van der Waals surface area contributed by atoms with Gasteiger partial charge in [-0.05, 0) is 30.6 Å². The summed E-state index contributed by atoms with van der Waals surface area (Å²) in [4.78, 5) is 4.70. The molecule has 2 rings (SSSR count). The molecule has 0 unspecified atom stereocenters. The highest BCUT2D eigenvalue weighted by Crippen LogP contribution is 2.43. The van der Waals surface area contributed by atoms with Crippen molar-refractivity contribution in [2.75, 3.05) is 6.54 Å².